The van der Waals surface area contributed by atoms with Gasteiger partial charge in [-0.3, -0.25) is 0 Å². The van der Waals surface area contributed by atoms with Crippen molar-refractivity contribution in [2.45, 2.75) is 13.1 Å². The van der Waals surface area contributed by atoms with Gasteiger partial charge in [0.05, 0.1) is 0 Å². The molecule has 68 valence electrons. The molecule has 0 aliphatic heterocycles. The minimum absolute atomic E-state index is 0.0488. The maximum atomic E-state index is 11.6. The monoisotopic (exact) mass is 178 g/mol. The van der Waals surface area contributed by atoms with Gasteiger partial charge in [-0.2, -0.15) is 13.2 Å². The second-order valence-corrected chi connectivity index (χ2v) is 2.19. The maximum absolute atomic E-state index is 11.6. The number of alkyl halides is 3. The van der Waals surface area contributed by atoms with Crippen LogP contribution < -0.4 is 0 Å². The highest BCUT2D eigenvalue weighted by Crippen LogP contribution is 2.17. The fraction of sp³-hybridized carbons (Fsp3) is 0.375. The molecule has 0 atom stereocenters. The fourth-order valence-electron chi connectivity index (χ4n) is 0.479. The van der Waals surface area contributed by atoms with Crippen molar-refractivity contribution in [2.75, 3.05) is 6.61 Å². The molecule has 4 heteroatoms. The van der Waals surface area contributed by atoms with Gasteiger partial charge in [0, 0.05) is 0 Å². The lowest BCUT2D eigenvalue weighted by Gasteiger charge is -2.09. The summed E-state index contributed by atoms with van der Waals surface area (Å²) >= 11 is 0. The van der Waals surface area contributed by atoms with E-state index in [1.165, 1.54) is 6.92 Å². The normalized spacial score (nSPS) is 10.3. The molecule has 0 aromatic heterocycles. The van der Waals surface area contributed by atoms with E-state index in [1.54, 1.807) is 0 Å². The van der Waals surface area contributed by atoms with Gasteiger partial charge >= 0.3 is 6.18 Å². The molecule has 0 fully saturated rings. The lowest BCUT2D eigenvalue weighted by atomic mass is 10.3. The molecule has 0 N–H and O–H groups in total. The molecule has 12 heavy (non-hydrogen) atoms. The van der Waals surface area contributed by atoms with Gasteiger partial charge < -0.3 is 4.74 Å². The summed E-state index contributed by atoms with van der Waals surface area (Å²) in [5.74, 6) is -0.0488. The summed E-state index contributed by atoms with van der Waals surface area (Å²) in [5.41, 5.74) is 2.59. The molecular weight excluding hydrogens is 169 g/mol. The highest BCUT2D eigenvalue weighted by atomic mass is 19.4. The summed E-state index contributed by atoms with van der Waals surface area (Å²) in [6, 6.07) is 0. The zero-order valence-corrected chi connectivity index (χ0v) is 6.66. The van der Waals surface area contributed by atoms with Crippen LogP contribution >= 0.6 is 0 Å². The zero-order valence-electron chi connectivity index (χ0n) is 6.66. The van der Waals surface area contributed by atoms with Crippen LogP contribution in [-0.2, 0) is 4.74 Å². The van der Waals surface area contributed by atoms with E-state index < -0.39 is 12.8 Å². The Hall–Kier alpha value is -1.15. The van der Waals surface area contributed by atoms with Crippen molar-refractivity contribution in [1.29, 1.82) is 0 Å². The van der Waals surface area contributed by atoms with Crippen molar-refractivity contribution in [3.63, 3.8) is 0 Å². The van der Waals surface area contributed by atoms with Crippen molar-refractivity contribution in [1.82, 2.24) is 0 Å². The summed E-state index contributed by atoms with van der Waals surface area (Å²) in [4.78, 5) is 0. The molecule has 0 heterocycles. The topological polar surface area (TPSA) is 9.23 Å². The first-order valence-electron chi connectivity index (χ1n) is 3.12. The van der Waals surface area contributed by atoms with E-state index in [0.717, 1.165) is 0 Å². The first-order chi connectivity index (χ1) is 5.37. The van der Waals surface area contributed by atoms with E-state index >= 15 is 0 Å². The predicted octanol–water partition coefficient (Wildman–Crippen LogP) is 2.81. The van der Waals surface area contributed by atoms with Crippen molar-refractivity contribution >= 4 is 0 Å². The quantitative estimate of drug-likeness (QED) is 0.367. The SMILES string of the molecule is C=C=C(OCC(F)(F)F)C(=C)C. The van der Waals surface area contributed by atoms with E-state index in [9.17, 15) is 13.2 Å². The minimum Gasteiger partial charge on any atom is -0.476 e. The molecule has 0 saturated heterocycles. The van der Waals surface area contributed by atoms with Crippen molar-refractivity contribution in [3.8, 4) is 0 Å². The molecule has 0 bridgehead atoms. The first-order valence-corrected chi connectivity index (χ1v) is 3.12. The van der Waals surface area contributed by atoms with Gasteiger partial charge in [0.2, 0.25) is 0 Å². The number of hydrogen-bond acceptors (Lipinski definition) is 1. The maximum Gasteiger partial charge on any atom is 0.422 e. The van der Waals surface area contributed by atoms with Crippen LogP contribution in [0.1, 0.15) is 6.92 Å². The van der Waals surface area contributed by atoms with Gasteiger partial charge in [-0.1, -0.05) is 18.9 Å². The second kappa shape index (κ2) is 4.02. The highest BCUT2D eigenvalue weighted by molar-refractivity contribution is 5.18. The third kappa shape index (κ3) is 4.63. The summed E-state index contributed by atoms with van der Waals surface area (Å²) < 4.78 is 39.1. The van der Waals surface area contributed by atoms with Crippen LogP contribution in [0, 0.1) is 0 Å². The van der Waals surface area contributed by atoms with Gasteiger partial charge in [0.25, 0.3) is 0 Å². The molecule has 0 spiro atoms. The molecule has 0 aliphatic carbocycles. The fourth-order valence-corrected chi connectivity index (χ4v) is 0.479. The Morgan fingerprint density at radius 2 is 2.00 bits per heavy atom. The minimum atomic E-state index is -4.34. The summed E-state index contributed by atoms with van der Waals surface area (Å²) in [6.07, 6.45) is -4.34. The summed E-state index contributed by atoms with van der Waals surface area (Å²) in [5, 5.41) is 0. The Morgan fingerprint density at radius 3 is 2.25 bits per heavy atom. The average Bonchev–Trinajstić information content (AvgIpc) is 1.85. The van der Waals surface area contributed by atoms with E-state index in [1.807, 2.05) is 0 Å². The van der Waals surface area contributed by atoms with Gasteiger partial charge in [-0.05, 0) is 12.5 Å². The lowest BCUT2D eigenvalue weighted by molar-refractivity contribution is -0.164. The van der Waals surface area contributed by atoms with Crippen LogP contribution in [0.25, 0.3) is 0 Å². The van der Waals surface area contributed by atoms with E-state index in [-0.39, 0.29) is 5.76 Å². The number of hydrogen-bond donors (Lipinski definition) is 0. The summed E-state index contributed by atoms with van der Waals surface area (Å²) in [7, 11) is 0. The average molecular weight is 178 g/mol. The first kappa shape index (κ1) is 10.8. The van der Waals surface area contributed by atoms with Crippen molar-refractivity contribution < 1.29 is 17.9 Å². The second-order valence-electron chi connectivity index (χ2n) is 2.19. The molecule has 1 nitrogen and oxygen atoms in total. The molecule has 0 rings (SSSR count). The standard InChI is InChI=1S/C8H9F3O/c1-4-7(6(2)3)12-5-8(9,10)11/h1-2,5H2,3H3. The van der Waals surface area contributed by atoms with Crippen LogP contribution in [-0.4, -0.2) is 12.8 Å². The van der Waals surface area contributed by atoms with Gasteiger partial charge in [0.15, 0.2) is 12.4 Å². The van der Waals surface area contributed by atoms with Crippen molar-refractivity contribution in [3.05, 3.63) is 30.2 Å². The molecular formula is C8H9F3O. The molecule has 0 radical (unpaired) electrons. The lowest BCUT2D eigenvalue weighted by Crippen LogP contribution is -2.16. The third-order valence-electron chi connectivity index (χ3n) is 0.928. The van der Waals surface area contributed by atoms with Crippen LogP contribution in [0.15, 0.2) is 30.2 Å². The largest absolute Gasteiger partial charge is 0.476 e. The molecule has 0 saturated carbocycles. The molecule has 0 unspecified atom stereocenters. The van der Waals surface area contributed by atoms with Crippen molar-refractivity contribution in [2.24, 2.45) is 0 Å². The van der Waals surface area contributed by atoms with Gasteiger partial charge in [-0.15, -0.1) is 0 Å². The van der Waals surface area contributed by atoms with Gasteiger partial charge in [0.1, 0.15) is 0 Å². The Morgan fingerprint density at radius 1 is 1.50 bits per heavy atom. The number of rotatable bonds is 3. The molecule has 0 aromatic carbocycles. The van der Waals surface area contributed by atoms with E-state index in [4.69, 9.17) is 0 Å². The highest BCUT2D eigenvalue weighted by Gasteiger charge is 2.28. The molecule has 0 aromatic rings. The van der Waals surface area contributed by atoms with Gasteiger partial charge in [-0.25, -0.2) is 0 Å². The smallest absolute Gasteiger partial charge is 0.422 e. The molecule has 0 aliphatic rings. The number of allylic oxidation sites excluding steroid dienone is 1. The molecule has 0 amide bonds. The Labute approximate surface area is 68.8 Å². The number of ether oxygens (including phenoxy) is 1. The van der Waals surface area contributed by atoms with Crippen LogP contribution in [0.4, 0.5) is 13.2 Å². The summed E-state index contributed by atoms with van der Waals surface area (Å²) in [6.45, 7) is 6.74. The van der Waals surface area contributed by atoms with E-state index in [0.29, 0.717) is 5.57 Å². The Kier molecular flexibility index (Phi) is 3.64. The predicted molar refractivity (Wildman–Crippen MR) is 39.5 cm³/mol. The van der Waals surface area contributed by atoms with E-state index in [2.05, 4.69) is 23.6 Å². The third-order valence-corrected chi connectivity index (χ3v) is 0.928. The van der Waals surface area contributed by atoms with Crippen LogP contribution in [0.5, 0.6) is 0 Å². The van der Waals surface area contributed by atoms with Crippen LogP contribution in [0.2, 0.25) is 0 Å². The zero-order chi connectivity index (χ0) is 9.78. The Bertz CT molecular complexity index is 221. The Balaban J connectivity index is 4.10. The van der Waals surface area contributed by atoms with Crippen LogP contribution in [0.3, 0.4) is 0 Å². The number of halogens is 3.